The van der Waals surface area contributed by atoms with Gasteiger partial charge in [-0.3, -0.25) is 4.98 Å². The second-order valence-electron chi connectivity index (χ2n) is 5.56. The quantitative estimate of drug-likeness (QED) is 0.711. The third-order valence-corrected chi connectivity index (χ3v) is 3.83. The predicted molar refractivity (Wildman–Crippen MR) is 96.0 cm³/mol. The molecular weight excluding hydrogens is 301 g/mol. The molecule has 0 radical (unpaired) electrons. The number of halogens is 1. The standard InChI is InChI=1S/C20H18FN3/c1-3-15-10-18(12-22-11-15)17-6-9-20(23-13-17)24-14(2)16-4-7-19(21)8-5-16/h3-14H,1H2,2H3,(H,23,24). The zero-order valence-electron chi connectivity index (χ0n) is 13.4. The van der Waals surface area contributed by atoms with Crippen molar-refractivity contribution in [2.24, 2.45) is 0 Å². The molecule has 0 aliphatic heterocycles. The van der Waals surface area contributed by atoms with Gasteiger partial charge in [-0.15, -0.1) is 0 Å². The lowest BCUT2D eigenvalue weighted by Crippen LogP contribution is -2.07. The number of hydrogen-bond acceptors (Lipinski definition) is 3. The molecule has 2 heterocycles. The molecule has 1 unspecified atom stereocenters. The van der Waals surface area contributed by atoms with Crippen LogP contribution in [0.25, 0.3) is 17.2 Å². The molecule has 1 atom stereocenters. The molecule has 3 nitrogen and oxygen atoms in total. The van der Waals surface area contributed by atoms with Gasteiger partial charge in [-0.2, -0.15) is 0 Å². The maximum absolute atomic E-state index is 13.0. The number of nitrogens with zero attached hydrogens (tertiary/aromatic N) is 2. The van der Waals surface area contributed by atoms with E-state index in [0.717, 1.165) is 28.1 Å². The van der Waals surface area contributed by atoms with E-state index < -0.39 is 0 Å². The number of hydrogen-bond donors (Lipinski definition) is 1. The minimum atomic E-state index is -0.233. The number of anilines is 1. The molecule has 3 aromatic rings. The molecule has 4 heteroatoms. The Morgan fingerprint density at radius 3 is 2.50 bits per heavy atom. The maximum atomic E-state index is 13.0. The monoisotopic (exact) mass is 319 g/mol. The Morgan fingerprint density at radius 2 is 1.83 bits per heavy atom. The van der Waals surface area contributed by atoms with Crippen LogP contribution >= 0.6 is 0 Å². The molecule has 24 heavy (non-hydrogen) atoms. The van der Waals surface area contributed by atoms with Crippen LogP contribution < -0.4 is 5.32 Å². The van der Waals surface area contributed by atoms with Gasteiger partial charge in [0.25, 0.3) is 0 Å². The summed E-state index contributed by atoms with van der Waals surface area (Å²) in [6, 6.07) is 12.4. The summed E-state index contributed by atoms with van der Waals surface area (Å²) in [6.07, 6.45) is 7.15. The second-order valence-corrected chi connectivity index (χ2v) is 5.56. The zero-order chi connectivity index (χ0) is 16.9. The second kappa shape index (κ2) is 7.04. The van der Waals surface area contributed by atoms with Gasteiger partial charge >= 0.3 is 0 Å². The topological polar surface area (TPSA) is 37.8 Å². The van der Waals surface area contributed by atoms with Gasteiger partial charge in [0.2, 0.25) is 0 Å². The van der Waals surface area contributed by atoms with E-state index in [0.29, 0.717) is 0 Å². The Bertz CT molecular complexity index is 826. The van der Waals surface area contributed by atoms with Crippen molar-refractivity contribution in [3.05, 3.63) is 84.6 Å². The average Bonchev–Trinajstić information content (AvgIpc) is 2.63. The number of benzene rings is 1. The Balaban J connectivity index is 1.74. The Hall–Kier alpha value is -3.01. The van der Waals surface area contributed by atoms with Gasteiger partial charge in [0.05, 0.1) is 0 Å². The SMILES string of the molecule is C=Cc1cncc(-c2ccc(NC(C)c3ccc(F)cc3)nc2)c1. The molecule has 0 saturated heterocycles. The van der Waals surface area contributed by atoms with Crippen molar-refractivity contribution in [2.75, 3.05) is 5.32 Å². The lowest BCUT2D eigenvalue weighted by atomic mass is 10.1. The van der Waals surface area contributed by atoms with Crippen molar-refractivity contribution >= 4 is 11.9 Å². The van der Waals surface area contributed by atoms with E-state index in [1.54, 1.807) is 30.6 Å². The molecule has 1 aromatic carbocycles. The zero-order valence-corrected chi connectivity index (χ0v) is 13.4. The molecule has 0 bridgehead atoms. The summed E-state index contributed by atoms with van der Waals surface area (Å²) in [5.74, 6) is 0.534. The van der Waals surface area contributed by atoms with E-state index in [9.17, 15) is 4.39 Å². The molecule has 1 N–H and O–H groups in total. The van der Waals surface area contributed by atoms with Crippen molar-refractivity contribution < 1.29 is 4.39 Å². The highest BCUT2D eigenvalue weighted by molar-refractivity contribution is 5.66. The van der Waals surface area contributed by atoms with E-state index in [4.69, 9.17) is 0 Å². The summed E-state index contributed by atoms with van der Waals surface area (Å²) < 4.78 is 13.0. The van der Waals surface area contributed by atoms with Gasteiger partial charge in [-0.05, 0) is 48.4 Å². The van der Waals surface area contributed by atoms with Crippen LogP contribution in [0.4, 0.5) is 10.2 Å². The number of nitrogens with one attached hydrogen (secondary N) is 1. The summed E-state index contributed by atoms with van der Waals surface area (Å²) in [7, 11) is 0. The van der Waals surface area contributed by atoms with E-state index in [2.05, 4.69) is 21.9 Å². The van der Waals surface area contributed by atoms with E-state index in [-0.39, 0.29) is 11.9 Å². The summed E-state index contributed by atoms with van der Waals surface area (Å²) in [5, 5.41) is 3.31. The van der Waals surface area contributed by atoms with Crippen LogP contribution in [0.15, 0.2) is 67.6 Å². The highest BCUT2D eigenvalue weighted by atomic mass is 19.1. The first-order valence-corrected chi connectivity index (χ1v) is 7.71. The van der Waals surface area contributed by atoms with Crippen molar-refractivity contribution in [2.45, 2.75) is 13.0 Å². The molecule has 3 rings (SSSR count). The normalized spacial score (nSPS) is 11.8. The summed E-state index contributed by atoms with van der Waals surface area (Å²) in [4.78, 5) is 8.66. The highest BCUT2D eigenvalue weighted by Crippen LogP contribution is 2.22. The van der Waals surface area contributed by atoms with Crippen molar-refractivity contribution in [1.82, 2.24) is 9.97 Å². The van der Waals surface area contributed by atoms with Gasteiger partial charge in [0.15, 0.2) is 0 Å². The minimum absolute atomic E-state index is 0.0368. The Labute approximate surface area is 140 Å². The summed E-state index contributed by atoms with van der Waals surface area (Å²) in [6.45, 7) is 5.77. The average molecular weight is 319 g/mol. The minimum Gasteiger partial charge on any atom is -0.364 e. The third kappa shape index (κ3) is 3.66. The fourth-order valence-electron chi connectivity index (χ4n) is 2.43. The van der Waals surface area contributed by atoms with Crippen molar-refractivity contribution in [3.8, 4) is 11.1 Å². The van der Waals surface area contributed by atoms with Gasteiger partial charge in [-0.1, -0.05) is 24.8 Å². The molecular formula is C20H18FN3. The molecule has 0 spiro atoms. The first kappa shape index (κ1) is 15.9. The largest absolute Gasteiger partial charge is 0.364 e. The molecule has 0 aliphatic carbocycles. The first-order valence-electron chi connectivity index (χ1n) is 7.71. The lowest BCUT2D eigenvalue weighted by Gasteiger charge is -2.15. The van der Waals surface area contributed by atoms with Crippen LogP contribution in [0, 0.1) is 5.82 Å². The van der Waals surface area contributed by atoms with E-state index in [1.807, 2.05) is 31.3 Å². The third-order valence-electron chi connectivity index (χ3n) is 3.83. The fourth-order valence-corrected chi connectivity index (χ4v) is 2.43. The van der Waals surface area contributed by atoms with Gasteiger partial charge < -0.3 is 5.32 Å². The molecule has 0 saturated carbocycles. The lowest BCUT2D eigenvalue weighted by molar-refractivity contribution is 0.626. The highest BCUT2D eigenvalue weighted by Gasteiger charge is 2.07. The van der Waals surface area contributed by atoms with E-state index >= 15 is 0 Å². The van der Waals surface area contributed by atoms with Crippen LogP contribution in [-0.4, -0.2) is 9.97 Å². The molecule has 0 amide bonds. The Kier molecular flexibility index (Phi) is 4.66. The van der Waals surface area contributed by atoms with Crippen LogP contribution in [-0.2, 0) is 0 Å². The number of rotatable bonds is 5. The van der Waals surface area contributed by atoms with Crippen LogP contribution in [0.3, 0.4) is 0 Å². The van der Waals surface area contributed by atoms with Gasteiger partial charge in [0.1, 0.15) is 11.6 Å². The van der Waals surface area contributed by atoms with Gasteiger partial charge in [0, 0.05) is 35.8 Å². The Morgan fingerprint density at radius 1 is 1.04 bits per heavy atom. The van der Waals surface area contributed by atoms with Crippen LogP contribution in [0.2, 0.25) is 0 Å². The predicted octanol–water partition coefficient (Wildman–Crippen LogP) is 5.10. The van der Waals surface area contributed by atoms with Crippen molar-refractivity contribution in [3.63, 3.8) is 0 Å². The molecule has 0 aliphatic rings. The number of pyridine rings is 2. The fraction of sp³-hybridized carbons (Fsp3) is 0.100. The first-order chi connectivity index (χ1) is 11.7. The maximum Gasteiger partial charge on any atom is 0.126 e. The molecule has 2 aromatic heterocycles. The van der Waals surface area contributed by atoms with Crippen LogP contribution in [0.5, 0.6) is 0 Å². The molecule has 0 fully saturated rings. The van der Waals surface area contributed by atoms with Crippen LogP contribution in [0.1, 0.15) is 24.1 Å². The van der Waals surface area contributed by atoms with Gasteiger partial charge in [-0.25, -0.2) is 9.37 Å². The summed E-state index contributed by atoms with van der Waals surface area (Å²) >= 11 is 0. The number of aromatic nitrogens is 2. The summed E-state index contributed by atoms with van der Waals surface area (Å²) in [5.41, 5.74) is 3.97. The van der Waals surface area contributed by atoms with Crippen molar-refractivity contribution in [1.29, 1.82) is 0 Å². The van der Waals surface area contributed by atoms with E-state index in [1.165, 1.54) is 12.1 Å². The molecule has 120 valence electrons. The smallest absolute Gasteiger partial charge is 0.126 e.